The van der Waals surface area contributed by atoms with E-state index in [0.717, 1.165) is 4.90 Å². The normalized spacial score (nSPS) is 13.4. The van der Waals surface area contributed by atoms with E-state index in [-0.39, 0.29) is 149 Å². The zero-order valence-electron chi connectivity index (χ0n) is 33.8. The zero-order valence-corrected chi connectivity index (χ0v) is 44.9. The molecule has 339 valence electrons. The van der Waals surface area contributed by atoms with Crippen LogP contribution in [0.5, 0.6) is 0 Å². The molecule has 3 radical (unpaired) electrons. The number of rotatable bonds is 7. The number of nitrogens with two attached hydrogens (primary N) is 1. The molecule has 2 fully saturated rings. The van der Waals surface area contributed by atoms with Crippen molar-refractivity contribution in [2.24, 2.45) is 5.73 Å². The number of methoxy groups -OCH3 is 1. The fourth-order valence-corrected chi connectivity index (χ4v) is 4.94. The van der Waals surface area contributed by atoms with Crippen LogP contribution in [-0.4, -0.2) is 108 Å². The predicted octanol–water partition coefficient (Wildman–Crippen LogP) is 5.45. The topological polar surface area (TPSA) is 326 Å². The first kappa shape index (κ1) is 76.8. The fraction of sp³-hybridized carbons (Fsp3) is 0.200. The van der Waals surface area contributed by atoms with Gasteiger partial charge in [0.05, 0.1) is 27.9 Å². The summed E-state index contributed by atoms with van der Waals surface area (Å²) in [5.74, 6) is 1.60. The van der Waals surface area contributed by atoms with Crippen LogP contribution in [0.3, 0.4) is 0 Å². The smallest absolute Gasteiger partial charge is 0.380 e. The first-order chi connectivity index (χ1) is 26.6. The number of amides is 1. The van der Waals surface area contributed by atoms with Crippen LogP contribution in [0.2, 0.25) is 0 Å². The van der Waals surface area contributed by atoms with Crippen molar-refractivity contribution in [2.75, 3.05) is 24.4 Å². The van der Waals surface area contributed by atoms with E-state index in [9.17, 15) is 49.5 Å². The van der Waals surface area contributed by atoms with Crippen molar-refractivity contribution >= 4 is 84.0 Å². The molecule has 0 aromatic heterocycles. The number of thioether (sulfide) groups is 2. The summed E-state index contributed by atoms with van der Waals surface area (Å²) < 4.78 is 4.39. The average Bonchev–Trinajstić information content (AvgIpc) is 3.95. The van der Waals surface area contributed by atoms with Crippen LogP contribution in [0.4, 0.5) is 21.9 Å². The second-order valence-corrected chi connectivity index (χ2v) is 11.7. The molecule has 0 saturated carbocycles. The van der Waals surface area contributed by atoms with E-state index in [0.29, 0.717) is 11.5 Å². The van der Waals surface area contributed by atoms with Crippen molar-refractivity contribution in [2.45, 2.75) is 18.1 Å². The number of nitrogens with one attached hydrogen (secondary N) is 1. The Morgan fingerprint density at radius 3 is 1.31 bits per heavy atom. The number of nitro benzene ring substituents is 3. The summed E-state index contributed by atoms with van der Waals surface area (Å²) in [7, 11) is 1.22. The Bertz CT molecular complexity index is 1530. The molecule has 3 atom stereocenters. The van der Waals surface area contributed by atoms with Crippen LogP contribution in [0.25, 0.3) is 0 Å². The van der Waals surface area contributed by atoms with Crippen LogP contribution >= 0.6 is 36.2 Å². The predicted molar refractivity (Wildman–Crippen MR) is 228 cm³/mol. The Balaban J connectivity index is -0.0000000921. The Kier molecular flexibility index (Phi) is 59.4. The maximum Gasteiger partial charge on any atom is 0.380 e. The monoisotopic (exact) mass is 1150 g/mol. The molecule has 0 bridgehead atoms. The summed E-state index contributed by atoms with van der Waals surface area (Å²) in [6.07, 6.45) is -0.632. The quantitative estimate of drug-likeness (QED) is 0.0563. The summed E-state index contributed by atoms with van der Waals surface area (Å²) in [5, 5.41) is 57.7. The molecule has 3 unspecified atom stereocenters. The third-order valence-corrected chi connectivity index (χ3v) is 7.88. The van der Waals surface area contributed by atoms with Crippen LogP contribution < -0.4 is 11.1 Å². The van der Waals surface area contributed by atoms with Crippen molar-refractivity contribution in [3.05, 3.63) is 155 Å². The number of non-ortho nitro benzene ring substituents is 3. The molecular weight excluding hydrogens is 1110 g/mol. The van der Waals surface area contributed by atoms with Crippen molar-refractivity contribution in [3.8, 4) is 0 Å². The van der Waals surface area contributed by atoms with Gasteiger partial charge in [-0.15, -0.1) is 0 Å². The number of nitrogens with zero attached hydrogens (tertiary/aromatic N) is 4. The number of nitro groups is 3. The second-order valence-electron chi connectivity index (χ2n) is 9.58. The summed E-state index contributed by atoms with van der Waals surface area (Å²) in [5.41, 5.74) is 5.35. The van der Waals surface area contributed by atoms with Crippen LogP contribution in [0, 0.1) is 64.4 Å². The maximum absolute atomic E-state index is 10.9. The number of hydrogen-bond donors (Lipinski definition) is 6. The third kappa shape index (κ3) is 36.9. The molecule has 21 nitrogen and oxygen atoms in total. The molecule has 2 saturated heterocycles. The average molecular weight is 1150 g/mol. The molecule has 6 N–H and O–H groups in total. The third-order valence-electron chi connectivity index (χ3n) is 5.78. The Hall–Kier alpha value is -2.51. The van der Waals surface area contributed by atoms with Crippen molar-refractivity contribution in [1.82, 2.24) is 10.2 Å². The number of hydrogen-bond acceptors (Lipinski definition) is 17. The molecule has 2 aliphatic heterocycles. The molecule has 3 aromatic carbocycles. The molecule has 5 rings (SSSR count). The van der Waals surface area contributed by atoms with Gasteiger partial charge in [0.25, 0.3) is 17.1 Å². The van der Waals surface area contributed by atoms with E-state index in [1.54, 1.807) is 60.5 Å². The van der Waals surface area contributed by atoms with E-state index in [1.165, 1.54) is 72.9 Å². The van der Waals surface area contributed by atoms with Gasteiger partial charge in [0.2, 0.25) is 0 Å². The molecule has 2 heterocycles. The second kappa shape index (κ2) is 48.0. The minimum Gasteiger partial charge on any atom is -0.545 e. The standard InChI is InChI=1S/C6H8NO4S.3C6H5NO2.C4H6NO2S.C3H7NO2S.CHO.3CH3.3Y/c1-11-6(10)7-3-12-2-4(7)5(8)9;3*8-7(9)6-4-2-1-3-5-6;6-4(7)3-1-8-2-5-3;4-2(1-7)3(5)6;1-2;;;;;;/h3-4H,2H2,1H3,(H,8,9);3*1-5H;2-3,5H,1H2,(H,6,7);2,7H,1,4H2,(H,5,6);1H;3*1H3;;;/q-1;;;;-1;;4*-1;;;. The summed E-state index contributed by atoms with van der Waals surface area (Å²) in [6, 6.07) is 21.8. The first-order valence-electron chi connectivity index (χ1n) is 14.9. The molecule has 3 aromatic rings. The van der Waals surface area contributed by atoms with Crippen LogP contribution in [0.15, 0.2) is 91.0 Å². The van der Waals surface area contributed by atoms with Crippen LogP contribution in [-0.2, 0) is 122 Å². The number of aliphatic carboxylic acids is 3. The maximum atomic E-state index is 10.9. The number of carboxylic acid groups (broad SMARTS) is 3. The number of benzene rings is 3. The van der Waals surface area contributed by atoms with Gasteiger partial charge in [-0.1, -0.05) is 54.6 Å². The Morgan fingerprint density at radius 1 is 0.774 bits per heavy atom. The van der Waals surface area contributed by atoms with E-state index in [4.69, 9.17) is 25.8 Å². The van der Waals surface area contributed by atoms with E-state index in [2.05, 4.69) is 29.5 Å². The van der Waals surface area contributed by atoms with Gasteiger partial charge in [0.1, 0.15) is 12.1 Å². The molecular formula is C35H46N6O15S3Y3-6. The van der Waals surface area contributed by atoms with Crippen LogP contribution in [0.1, 0.15) is 0 Å². The Morgan fingerprint density at radius 2 is 1.13 bits per heavy atom. The van der Waals surface area contributed by atoms with Gasteiger partial charge in [0.15, 0.2) is 0 Å². The number of carbonyl (C=O) groups is 4. The van der Waals surface area contributed by atoms with Gasteiger partial charge in [-0.05, 0) is 11.5 Å². The number of carbonyl (C=O) groups excluding carboxylic acids is 2. The number of thiol groups is 1. The summed E-state index contributed by atoms with van der Waals surface area (Å²) >= 11 is 6.42. The molecule has 1 amide bonds. The van der Waals surface area contributed by atoms with Crippen molar-refractivity contribution in [3.63, 3.8) is 0 Å². The zero-order chi connectivity index (χ0) is 43.1. The number of para-hydroxylation sites is 3. The van der Waals surface area contributed by atoms with Gasteiger partial charge >= 0.3 is 24.0 Å². The van der Waals surface area contributed by atoms with Gasteiger partial charge < -0.3 is 86.6 Å². The van der Waals surface area contributed by atoms with Crippen molar-refractivity contribution in [1.29, 1.82) is 0 Å². The first-order valence-corrected chi connectivity index (χ1v) is 17.7. The Labute approximate surface area is 449 Å². The molecule has 27 heteroatoms. The minimum atomic E-state index is -1.01. The molecule has 2 aliphatic rings. The summed E-state index contributed by atoms with van der Waals surface area (Å²) in [4.78, 5) is 78.9. The number of carboxylic acids is 3. The summed E-state index contributed by atoms with van der Waals surface area (Å²) in [6.45, 7) is 3.25. The van der Waals surface area contributed by atoms with E-state index in [1.807, 2.05) is 0 Å². The fourth-order valence-electron chi connectivity index (χ4n) is 3.03. The minimum absolute atomic E-state index is 0. The largest absolute Gasteiger partial charge is 0.545 e. The van der Waals surface area contributed by atoms with Gasteiger partial charge in [-0.2, -0.15) is 18.5 Å². The van der Waals surface area contributed by atoms with Gasteiger partial charge in [0, 0.05) is 140 Å². The van der Waals surface area contributed by atoms with Gasteiger partial charge in [-0.25, -0.2) is 10.7 Å². The van der Waals surface area contributed by atoms with E-state index < -0.39 is 50.9 Å². The molecule has 0 spiro atoms. The SMILES string of the molecule is COC(=O)N1[CH-]SCC1C(=O)O.NC(CS)C(=O)O.O=C(O)C1CS[CH-]N1.O=[N+]([O-])c1ccccc1.O=[N+]([O-])c1ccccc1.O=[N+]([O-])c1ccccc1.[CH-]=O.[CH3-].[CH3-].[CH3-].[Y].[Y].[Y]. The van der Waals surface area contributed by atoms with Gasteiger partial charge in [-0.3, -0.25) is 51.5 Å². The molecule has 0 aliphatic carbocycles. The van der Waals surface area contributed by atoms with E-state index >= 15 is 0 Å². The molecule has 62 heavy (non-hydrogen) atoms. The number of ether oxygens (including phenoxy) is 1. The van der Waals surface area contributed by atoms with Crippen molar-refractivity contribution < 1.29 is 157 Å².